The maximum absolute atomic E-state index is 11.5. The standard InChI is InChI=1S/C12H21N2O2.BrH/c1-3-16-12(15)11(2)10-14-7-4-13(5-8-14)6-9-14;/h2-10H2,1H3;1H/q+1;/p-1. The van der Waals surface area contributed by atoms with Gasteiger partial charge in [0.25, 0.3) is 0 Å². The van der Waals surface area contributed by atoms with Crippen molar-refractivity contribution in [3.8, 4) is 0 Å². The predicted molar refractivity (Wildman–Crippen MR) is 61.9 cm³/mol. The van der Waals surface area contributed by atoms with Crippen molar-refractivity contribution in [3.05, 3.63) is 12.2 Å². The van der Waals surface area contributed by atoms with Gasteiger partial charge < -0.3 is 26.2 Å². The first-order valence-corrected chi connectivity index (χ1v) is 6.07. The summed E-state index contributed by atoms with van der Waals surface area (Å²) in [6.45, 7) is 13.9. The van der Waals surface area contributed by atoms with Gasteiger partial charge in [-0.25, -0.2) is 4.79 Å². The van der Waals surface area contributed by atoms with Gasteiger partial charge in [-0.2, -0.15) is 0 Å². The van der Waals surface area contributed by atoms with Crippen LogP contribution < -0.4 is 17.0 Å². The number of piperazine rings is 3. The molecule has 3 rings (SSSR count). The van der Waals surface area contributed by atoms with Crippen LogP contribution in [0.4, 0.5) is 0 Å². The monoisotopic (exact) mass is 304 g/mol. The van der Waals surface area contributed by atoms with E-state index in [1.807, 2.05) is 6.92 Å². The lowest BCUT2D eigenvalue weighted by Gasteiger charge is -2.50. The zero-order chi connectivity index (χ0) is 11.6. The summed E-state index contributed by atoms with van der Waals surface area (Å²) in [7, 11) is 0. The highest BCUT2D eigenvalue weighted by Gasteiger charge is 2.39. The van der Waals surface area contributed by atoms with E-state index in [1.165, 1.54) is 0 Å². The second kappa shape index (κ2) is 5.98. The molecule has 3 heterocycles. The number of carbonyl (C=O) groups is 1. The quantitative estimate of drug-likeness (QED) is 0.321. The van der Waals surface area contributed by atoms with Gasteiger partial charge in [0.05, 0.1) is 31.8 Å². The Labute approximate surface area is 114 Å². The summed E-state index contributed by atoms with van der Waals surface area (Å²) in [6.07, 6.45) is 0. The third-order valence-electron chi connectivity index (χ3n) is 3.76. The van der Waals surface area contributed by atoms with Gasteiger partial charge >= 0.3 is 5.97 Å². The van der Waals surface area contributed by atoms with Gasteiger partial charge in [-0.3, -0.25) is 4.90 Å². The van der Waals surface area contributed by atoms with Gasteiger partial charge in [0.15, 0.2) is 0 Å². The number of esters is 1. The zero-order valence-electron chi connectivity index (χ0n) is 10.5. The molecular weight excluding hydrogens is 284 g/mol. The van der Waals surface area contributed by atoms with Gasteiger partial charge in [-0.1, -0.05) is 6.58 Å². The molecule has 17 heavy (non-hydrogen) atoms. The van der Waals surface area contributed by atoms with E-state index in [0.717, 1.165) is 50.3 Å². The highest BCUT2D eigenvalue weighted by atomic mass is 79.9. The van der Waals surface area contributed by atoms with Crippen LogP contribution in [0.25, 0.3) is 0 Å². The molecule has 0 saturated carbocycles. The molecule has 3 aliphatic heterocycles. The highest BCUT2D eigenvalue weighted by Crippen LogP contribution is 2.21. The van der Waals surface area contributed by atoms with Gasteiger partial charge in [0, 0.05) is 19.6 Å². The van der Waals surface area contributed by atoms with Crippen LogP contribution in [0.15, 0.2) is 12.2 Å². The maximum Gasteiger partial charge on any atom is 0.339 e. The Morgan fingerprint density at radius 3 is 2.29 bits per heavy atom. The number of carbonyl (C=O) groups excluding carboxylic acids is 1. The van der Waals surface area contributed by atoms with E-state index in [1.54, 1.807) is 0 Å². The summed E-state index contributed by atoms with van der Waals surface area (Å²) < 4.78 is 6.02. The van der Waals surface area contributed by atoms with Gasteiger partial charge in [0.1, 0.15) is 6.54 Å². The van der Waals surface area contributed by atoms with Crippen LogP contribution >= 0.6 is 0 Å². The molecule has 3 aliphatic rings. The number of halogens is 1. The number of nitrogens with zero attached hydrogens (tertiary/aromatic N) is 2. The predicted octanol–water partition coefficient (Wildman–Crippen LogP) is -2.74. The minimum atomic E-state index is -0.219. The second-order valence-electron chi connectivity index (χ2n) is 4.84. The van der Waals surface area contributed by atoms with E-state index in [9.17, 15) is 4.79 Å². The lowest BCUT2D eigenvalue weighted by atomic mass is 10.1. The molecule has 98 valence electrons. The van der Waals surface area contributed by atoms with Gasteiger partial charge in [0.2, 0.25) is 0 Å². The average molecular weight is 305 g/mol. The summed E-state index contributed by atoms with van der Waals surface area (Å²) >= 11 is 0. The Hall–Kier alpha value is -0.390. The summed E-state index contributed by atoms with van der Waals surface area (Å²) in [5, 5.41) is 0. The van der Waals surface area contributed by atoms with Crippen LogP contribution in [0.5, 0.6) is 0 Å². The van der Waals surface area contributed by atoms with E-state index in [0.29, 0.717) is 12.2 Å². The van der Waals surface area contributed by atoms with Crippen LogP contribution in [0.1, 0.15) is 6.92 Å². The Balaban J connectivity index is 0.00000144. The normalized spacial score (nSPS) is 30.5. The van der Waals surface area contributed by atoms with E-state index < -0.39 is 0 Å². The van der Waals surface area contributed by atoms with Gasteiger partial charge in [-0.15, -0.1) is 0 Å². The Morgan fingerprint density at radius 1 is 1.29 bits per heavy atom. The number of ether oxygens (including phenoxy) is 1. The molecule has 0 aliphatic carbocycles. The fourth-order valence-electron chi connectivity index (χ4n) is 2.67. The van der Waals surface area contributed by atoms with Crippen molar-refractivity contribution in [2.24, 2.45) is 0 Å². The fourth-order valence-corrected chi connectivity index (χ4v) is 2.67. The number of hydrogen-bond donors (Lipinski definition) is 0. The molecule has 0 N–H and O–H groups in total. The van der Waals surface area contributed by atoms with Crippen molar-refractivity contribution in [1.82, 2.24) is 4.90 Å². The number of quaternary nitrogens is 1. The van der Waals surface area contributed by atoms with Crippen LogP contribution in [0, 0.1) is 0 Å². The first-order chi connectivity index (χ1) is 7.65. The highest BCUT2D eigenvalue weighted by molar-refractivity contribution is 5.87. The van der Waals surface area contributed by atoms with E-state index in [4.69, 9.17) is 4.74 Å². The number of fused-ring (bicyclic) bond motifs is 3. The van der Waals surface area contributed by atoms with E-state index >= 15 is 0 Å². The average Bonchev–Trinajstić information content (AvgIpc) is 2.31. The molecule has 0 spiro atoms. The van der Waals surface area contributed by atoms with E-state index in [-0.39, 0.29) is 23.0 Å². The van der Waals surface area contributed by atoms with Crippen molar-refractivity contribution >= 4 is 5.97 Å². The Bertz CT molecular complexity index is 285. The molecule has 2 bridgehead atoms. The lowest BCUT2D eigenvalue weighted by Crippen LogP contribution is -3.00. The SMILES string of the molecule is C=C(C[N+]12CCN(CC1)CC2)C(=O)OCC.[Br-]. The van der Waals surface area contributed by atoms with Crippen molar-refractivity contribution in [3.63, 3.8) is 0 Å². The lowest BCUT2D eigenvalue weighted by molar-refractivity contribution is -0.936. The van der Waals surface area contributed by atoms with Crippen LogP contribution in [0.3, 0.4) is 0 Å². The summed E-state index contributed by atoms with van der Waals surface area (Å²) in [4.78, 5) is 14.0. The first kappa shape index (κ1) is 14.7. The zero-order valence-corrected chi connectivity index (χ0v) is 12.0. The molecule has 0 aromatic carbocycles. The van der Waals surface area contributed by atoms with Crippen molar-refractivity contribution in [1.29, 1.82) is 0 Å². The van der Waals surface area contributed by atoms with Crippen LogP contribution in [-0.2, 0) is 9.53 Å². The van der Waals surface area contributed by atoms with Gasteiger partial charge in [-0.05, 0) is 6.92 Å². The van der Waals surface area contributed by atoms with Crippen LogP contribution in [-0.4, -0.2) is 67.8 Å². The molecule has 0 unspecified atom stereocenters. The summed E-state index contributed by atoms with van der Waals surface area (Å²) in [6, 6.07) is 0. The maximum atomic E-state index is 11.5. The minimum absolute atomic E-state index is 0. The molecule has 3 fully saturated rings. The molecule has 0 aromatic heterocycles. The Morgan fingerprint density at radius 2 is 1.82 bits per heavy atom. The first-order valence-electron chi connectivity index (χ1n) is 6.07. The molecule has 3 saturated heterocycles. The third-order valence-corrected chi connectivity index (χ3v) is 3.76. The molecular formula is C12H21BrN2O2. The molecule has 0 amide bonds. The Kier molecular flexibility index (Phi) is 5.16. The molecule has 0 atom stereocenters. The molecule has 5 heteroatoms. The number of rotatable bonds is 4. The molecule has 0 aromatic rings. The minimum Gasteiger partial charge on any atom is -1.00 e. The van der Waals surface area contributed by atoms with Crippen molar-refractivity contribution in [2.75, 3.05) is 52.4 Å². The molecule has 0 radical (unpaired) electrons. The number of hydrogen-bond acceptors (Lipinski definition) is 3. The van der Waals surface area contributed by atoms with Crippen LogP contribution in [0.2, 0.25) is 0 Å². The van der Waals surface area contributed by atoms with Crippen molar-refractivity contribution in [2.45, 2.75) is 6.92 Å². The second-order valence-corrected chi connectivity index (χ2v) is 4.84. The summed E-state index contributed by atoms with van der Waals surface area (Å²) in [5.74, 6) is -0.219. The smallest absolute Gasteiger partial charge is 0.339 e. The fraction of sp³-hybridized carbons (Fsp3) is 0.750. The summed E-state index contributed by atoms with van der Waals surface area (Å²) in [5.41, 5.74) is 0.636. The van der Waals surface area contributed by atoms with Crippen molar-refractivity contribution < 1.29 is 31.0 Å². The third kappa shape index (κ3) is 3.30. The topological polar surface area (TPSA) is 29.5 Å². The largest absolute Gasteiger partial charge is 1.00 e. The van der Waals surface area contributed by atoms with E-state index in [2.05, 4.69) is 11.5 Å². The molecule has 4 nitrogen and oxygen atoms in total.